The lowest BCUT2D eigenvalue weighted by atomic mass is 9.95. The topological polar surface area (TPSA) is 89.6 Å². The third-order valence-corrected chi connectivity index (χ3v) is 3.30. The van der Waals surface area contributed by atoms with Gasteiger partial charge in [0.15, 0.2) is 0 Å². The highest BCUT2D eigenvalue weighted by molar-refractivity contribution is 7.10. The molecule has 6 heteroatoms. The van der Waals surface area contributed by atoms with Crippen molar-refractivity contribution in [2.24, 2.45) is 5.73 Å². The summed E-state index contributed by atoms with van der Waals surface area (Å²) in [6.07, 6.45) is -0.276. The number of hydrogen-bond acceptors (Lipinski definition) is 5. The van der Waals surface area contributed by atoms with Gasteiger partial charge >= 0.3 is 11.9 Å². The molecule has 0 spiro atoms. The molecule has 0 amide bonds. The molecule has 1 aromatic rings. The average molecular weight is 285 g/mol. The van der Waals surface area contributed by atoms with Crippen LogP contribution < -0.4 is 5.73 Å². The van der Waals surface area contributed by atoms with Gasteiger partial charge in [-0.2, -0.15) is 0 Å². The standard InChI is InChI=1S/C13H19NO4S/c1-13(2,3)18-12(17)11(8(14)7-10(15)16)9-5-4-6-19-9/h4-6,8,11H,7,14H2,1-3H3,(H,15,16)/t8-,11+/m1/s1. The van der Waals surface area contributed by atoms with Gasteiger partial charge in [0, 0.05) is 10.9 Å². The molecule has 106 valence electrons. The molecule has 0 aromatic carbocycles. The summed E-state index contributed by atoms with van der Waals surface area (Å²) in [5.41, 5.74) is 5.23. The molecule has 0 aliphatic rings. The first-order valence-corrected chi connectivity index (χ1v) is 6.82. The third-order valence-electron chi connectivity index (χ3n) is 2.35. The maximum absolute atomic E-state index is 12.2. The van der Waals surface area contributed by atoms with E-state index in [2.05, 4.69) is 0 Å². The van der Waals surface area contributed by atoms with Crippen LogP contribution in [0.1, 0.15) is 38.0 Å². The Kier molecular flexibility index (Phi) is 5.08. The van der Waals surface area contributed by atoms with E-state index in [0.717, 1.165) is 4.88 Å². The van der Waals surface area contributed by atoms with E-state index in [1.807, 2.05) is 5.38 Å². The Bertz CT molecular complexity index is 436. The molecule has 1 aromatic heterocycles. The zero-order chi connectivity index (χ0) is 14.6. The summed E-state index contributed by atoms with van der Waals surface area (Å²) in [4.78, 5) is 23.7. The van der Waals surface area contributed by atoms with Crippen molar-refractivity contribution in [2.75, 3.05) is 0 Å². The molecule has 0 aliphatic heterocycles. The predicted molar refractivity (Wildman–Crippen MR) is 73.1 cm³/mol. The van der Waals surface area contributed by atoms with Crippen LogP contribution in [0, 0.1) is 0 Å². The minimum atomic E-state index is -1.03. The molecule has 1 heterocycles. The minimum absolute atomic E-state index is 0.276. The molecule has 0 aliphatic carbocycles. The number of esters is 1. The fourth-order valence-electron chi connectivity index (χ4n) is 1.65. The number of carbonyl (C=O) groups is 2. The quantitative estimate of drug-likeness (QED) is 0.807. The van der Waals surface area contributed by atoms with Crippen molar-refractivity contribution in [3.05, 3.63) is 22.4 Å². The molecule has 0 bridgehead atoms. The second kappa shape index (κ2) is 6.16. The summed E-state index contributed by atoms with van der Waals surface area (Å²) >= 11 is 1.37. The van der Waals surface area contributed by atoms with Gasteiger partial charge in [0.2, 0.25) is 0 Å². The Morgan fingerprint density at radius 2 is 2.11 bits per heavy atom. The monoisotopic (exact) mass is 285 g/mol. The van der Waals surface area contributed by atoms with Crippen LogP contribution in [0.4, 0.5) is 0 Å². The van der Waals surface area contributed by atoms with Crippen LogP contribution in [-0.2, 0) is 14.3 Å². The van der Waals surface area contributed by atoms with Crippen LogP contribution in [0.25, 0.3) is 0 Å². The Morgan fingerprint density at radius 1 is 1.47 bits per heavy atom. The second-order valence-electron chi connectivity index (χ2n) is 5.29. The molecular formula is C13H19NO4S. The smallest absolute Gasteiger partial charge is 0.316 e. The fourth-order valence-corrected chi connectivity index (χ4v) is 2.54. The van der Waals surface area contributed by atoms with E-state index in [1.165, 1.54) is 11.3 Å². The average Bonchev–Trinajstić information content (AvgIpc) is 2.66. The minimum Gasteiger partial charge on any atom is -0.481 e. The number of ether oxygens (including phenoxy) is 1. The van der Waals surface area contributed by atoms with Gasteiger partial charge in [0.25, 0.3) is 0 Å². The lowest BCUT2D eigenvalue weighted by molar-refractivity contribution is -0.157. The highest BCUT2D eigenvalue weighted by Crippen LogP contribution is 2.28. The molecule has 0 radical (unpaired) electrons. The largest absolute Gasteiger partial charge is 0.481 e. The fraction of sp³-hybridized carbons (Fsp3) is 0.538. The van der Waals surface area contributed by atoms with E-state index < -0.39 is 29.5 Å². The SMILES string of the molecule is CC(C)(C)OC(=O)[C@H](c1cccs1)[C@H](N)CC(=O)O. The number of hydrogen-bond donors (Lipinski definition) is 2. The van der Waals surface area contributed by atoms with Crippen LogP contribution in [-0.4, -0.2) is 28.7 Å². The Labute approximate surface area is 116 Å². The Balaban J connectivity index is 2.93. The van der Waals surface area contributed by atoms with Crippen molar-refractivity contribution in [3.63, 3.8) is 0 Å². The molecule has 5 nitrogen and oxygen atoms in total. The highest BCUT2D eigenvalue weighted by atomic mass is 32.1. The van der Waals surface area contributed by atoms with Crippen molar-refractivity contribution < 1.29 is 19.4 Å². The number of carboxylic acid groups (broad SMARTS) is 1. The van der Waals surface area contributed by atoms with Gasteiger partial charge in [-0.3, -0.25) is 9.59 Å². The third kappa shape index (κ3) is 5.00. The normalized spacial score (nSPS) is 14.7. The summed E-state index contributed by atoms with van der Waals surface area (Å²) < 4.78 is 5.32. The van der Waals surface area contributed by atoms with E-state index >= 15 is 0 Å². The molecule has 1 rings (SSSR count). The van der Waals surface area contributed by atoms with Gasteiger partial charge in [0.1, 0.15) is 11.5 Å². The van der Waals surface area contributed by atoms with Crippen molar-refractivity contribution in [2.45, 2.75) is 44.8 Å². The first kappa shape index (κ1) is 15.7. The molecule has 0 unspecified atom stereocenters. The van der Waals surface area contributed by atoms with Crippen molar-refractivity contribution >= 4 is 23.3 Å². The molecule has 0 saturated heterocycles. The molecule has 0 fully saturated rings. The van der Waals surface area contributed by atoms with Crippen LogP contribution in [0.15, 0.2) is 17.5 Å². The van der Waals surface area contributed by atoms with Gasteiger partial charge in [-0.05, 0) is 32.2 Å². The van der Waals surface area contributed by atoms with Crippen LogP contribution in [0.2, 0.25) is 0 Å². The summed E-state index contributed by atoms with van der Waals surface area (Å²) in [7, 11) is 0. The predicted octanol–water partition coefficient (Wildman–Crippen LogP) is 1.98. The van der Waals surface area contributed by atoms with E-state index in [4.69, 9.17) is 15.6 Å². The number of rotatable bonds is 5. The number of nitrogens with two attached hydrogens (primary N) is 1. The van der Waals surface area contributed by atoms with E-state index in [9.17, 15) is 9.59 Å². The first-order chi connectivity index (χ1) is 8.70. The lowest BCUT2D eigenvalue weighted by Crippen LogP contribution is -2.38. The second-order valence-corrected chi connectivity index (χ2v) is 6.27. The van der Waals surface area contributed by atoms with Crippen molar-refractivity contribution in [1.82, 2.24) is 0 Å². The van der Waals surface area contributed by atoms with Gasteiger partial charge in [0.05, 0.1) is 6.42 Å². The van der Waals surface area contributed by atoms with Crippen LogP contribution in [0.5, 0.6) is 0 Å². The zero-order valence-electron chi connectivity index (χ0n) is 11.3. The molecule has 3 N–H and O–H groups in total. The summed E-state index contributed by atoms with van der Waals surface area (Å²) in [6, 6.07) is 2.76. The van der Waals surface area contributed by atoms with Gasteiger partial charge in [-0.15, -0.1) is 11.3 Å². The molecular weight excluding hydrogens is 266 g/mol. The number of aliphatic carboxylic acids is 1. The van der Waals surface area contributed by atoms with Crippen molar-refractivity contribution in [1.29, 1.82) is 0 Å². The van der Waals surface area contributed by atoms with Crippen molar-refractivity contribution in [3.8, 4) is 0 Å². The van der Waals surface area contributed by atoms with Crippen LogP contribution in [0.3, 0.4) is 0 Å². The maximum Gasteiger partial charge on any atom is 0.316 e. The Hall–Kier alpha value is -1.40. The van der Waals surface area contributed by atoms with Gasteiger partial charge in [-0.25, -0.2) is 0 Å². The van der Waals surface area contributed by atoms with Crippen LogP contribution >= 0.6 is 11.3 Å². The number of carbonyl (C=O) groups excluding carboxylic acids is 1. The van der Waals surface area contributed by atoms with Gasteiger partial charge in [-0.1, -0.05) is 6.07 Å². The first-order valence-electron chi connectivity index (χ1n) is 5.94. The molecule has 0 saturated carbocycles. The number of thiophene rings is 1. The Morgan fingerprint density at radius 3 is 2.53 bits per heavy atom. The summed E-state index contributed by atoms with van der Waals surface area (Å²) in [6.45, 7) is 5.29. The molecule has 19 heavy (non-hydrogen) atoms. The number of carboxylic acids is 1. The summed E-state index contributed by atoms with van der Waals surface area (Å²) in [5.74, 6) is -2.25. The molecule has 2 atom stereocenters. The van der Waals surface area contributed by atoms with Gasteiger partial charge < -0.3 is 15.6 Å². The van der Waals surface area contributed by atoms with E-state index in [0.29, 0.717) is 0 Å². The van der Waals surface area contributed by atoms with E-state index in [-0.39, 0.29) is 6.42 Å². The lowest BCUT2D eigenvalue weighted by Gasteiger charge is -2.26. The zero-order valence-corrected chi connectivity index (χ0v) is 12.1. The highest BCUT2D eigenvalue weighted by Gasteiger charge is 2.33. The summed E-state index contributed by atoms with van der Waals surface area (Å²) in [5, 5.41) is 10.6. The van der Waals surface area contributed by atoms with E-state index in [1.54, 1.807) is 32.9 Å². The maximum atomic E-state index is 12.2.